The third-order valence-corrected chi connectivity index (χ3v) is 5.53. The molecule has 0 bridgehead atoms. The first-order valence-electron chi connectivity index (χ1n) is 7.37. The SMILES string of the molecule is C[C@](NS(=O)(=O)c1ccccc1)(C(=O)N1CCC[C@H]1C(=O)O)[N+](=O)[O-]. The van der Waals surface area contributed by atoms with Crippen molar-refractivity contribution in [3.63, 3.8) is 0 Å². The maximum absolute atomic E-state index is 12.6. The van der Waals surface area contributed by atoms with Crippen LogP contribution in [0.3, 0.4) is 0 Å². The highest BCUT2D eigenvalue weighted by atomic mass is 32.2. The second-order valence-corrected chi connectivity index (χ2v) is 7.43. The Kier molecular flexibility index (Phi) is 5.09. The summed E-state index contributed by atoms with van der Waals surface area (Å²) in [4.78, 5) is 34.9. The third kappa shape index (κ3) is 3.61. The zero-order valence-electron chi connectivity index (χ0n) is 13.3. The van der Waals surface area contributed by atoms with E-state index in [0.717, 1.165) is 11.8 Å². The molecule has 0 spiro atoms. The van der Waals surface area contributed by atoms with E-state index in [-0.39, 0.29) is 17.9 Å². The first-order valence-corrected chi connectivity index (χ1v) is 8.85. The minimum absolute atomic E-state index is 0.00624. The number of nitrogens with one attached hydrogen (secondary N) is 1. The van der Waals surface area contributed by atoms with Crippen molar-refractivity contribution in [1.82, 2.24) is 9.62 Å². The molecule has 2 N–H and O–H groups in total. The number of sulfonamides is 1. The average molecular weight is 371 g/mol. The fourth-order valence-electron chi connectivity index (χ4n) is 2.63. The lowest BCUT2D eigenvalue weighted by molar-refractivity contribution is -0.552. The van der Waals surface area contributed by atoms with Crippen molar-refractivity contribution in [2.24, 2.45) is 0 Å². The van der Waals surface area contributed by atoms with Gasteiger partial charge in [0.2, 0.25) is 10.0 Å². The van der Waals surface area contributed by atoms with E-state index in [1.165, 1.54) is 24.3 Å². The Bertz CT molecular complexity index is 796. The number of hydrogen-bond acceptors (Lipinski definition) is 6. The number of nitro groups is 1. The fraction of sp³-hybridized carbons (Fsp3) is 0.429. The van der Waals surface area contributed by atoms with Gasteiger partial charge in [0.25, 0.3) is 0 Å². The Hall–Kier alpha value is -2.53. The van der Waals surface area contributed by atoms with Crippen LogP contribution in [0.25, 0.3) is 0 Å². The number of carbonyl (C=O) groups is 2. The number of rotatable bonds is 6. The Morgan fingerprint density at radius 2 is 1.96 bits per heavy atom. The van der Waals surface area contributed by atoms with Crippen LogP contribution in [0.4, 0.5) is 0 Å². The van der Waals surface area contributed by atoms with Crippen LogP contribution in [0.2, 0.25) is 0 Å². The summed E-state index contributed by atoms with van der Waals surface area (Å²) in [6.07, 6.45) is 0.516. The molecular weight excluding hydrogens is 354 g/mol. The molecule has 1 aliphatic rings. The third-order valence-electron chi connectivity index (χ3n) is 3.97. The lowest BCUT2D eigenvalue weighted by atomic mass is 10.1. The van der Waals surface area contributed by atoms with E-state index in [9.17, 15) is 28.1 Å². The Balaban J connectivity index is 2.37. The number of aliphatic carboxylic acids is 1. The second kappa shape index (κ2) is 6.76. The van der Waals surface area contributed by atoms with Crippen LogP contribution in [0.1, 0.15) is 19.8 Å². The highest BCUT2D eigenvalue weighted by molar-refractivity contribution is 7.89. The maximum atomic E-state index is 12.6. The molecule has 0 radical (unpaired) electrons. The van der Waals surface area contributed by atoms with Crippen LogP contribution in [0.15, 0.2) is 35.2 Å². The summed E-state index contributed by atoms with van der Waals surface area (Å²) in [6.45, 7) is 0.819. The number of carboxylic acid groups (broad SMARTS) is 1. The molecule has 1 saturated heterocycles. The van der Waals surface area contributed by atoms with E-state index in [0.29, 0.717) is 6.42 Å². The Morgan fingerprint density at radius 1 is 1.36 bits per heavy atom. The van der Waals surface area contributed by atoms with Gasteiger partial charge in [0.15, 0.2) is 0 Å². The topological polar surface area (TPSA) is 147 Å². The summed E-state index contributed by atoms with van der Waals surface area (Å²) in [5, 5.41) is 20.6. The molecule has 136 valence electrons. The minimum Gasteiger partial charge on any atom is -0.480 e. The maximum Gasteiger partial charge on any atom is 0.362 e. The van der Waals surface area contributed by atoms with Gasteiger partial charge in [0.05, 0.1) is 9.82 Å². The van der Waals surface area contributed by atoms with Crippen molar-refractivity contribution < 1.29 is 28.0 Å². The van der Waals surface area contributed by atoms with Crippen molar-refractivity contribution in [3.05, 3.63) is 40.4 Å². The first kappa shape index (κ1) is 18.8. The monoisotopic (exact) mass is 371 g/mol. The highest BCUT2D eigenvalue weighted by Gasteiger charge is 2.54. The molecular formula is C14H17N3O7S. The van der Waals surface area contributed by atoms with Crippen molar-refractivity contribution in [1.29, 1.82) is 0 Å². The van der Waals surface area contributed by atoms with Crippen LogP contribution >= 0.6 is 0 Å². The molecule has 0 saturated carbocycles. The van der Waals surface area contributed by atoms with Gasteiger partial charge in [-0.05, 0) is 25.0 Å². The molecule has 11 heteroatoms. The summed E-state index contributed by atoms with van der Waals surface area (Å²) in [5.41, 5.74) is -2.72. The molecule has 1 heterocycles. The van der Waals surface area contributed by atoms with E-state index in [1.807, 2.05) is 4.72 Å². The summed E-state index contributed by atoms with van der Waals surface area (Å²) < 4.78 is 26.6. The van der Waals surface area contributed by atoms with E-state index < -0.39 is 38.5 Å². The first-order chi connectivity index (χ1) is 11.6. The molecule has 1 amide bonds. The zero-order valence-corrected chi connectivity index (χ0v) is 14.1. The quantitative estimate of drug-likeness (QED) is 0.407. The predicted octanol–water partition coefficient (Wildman–Crippen LogP) is 0.0334. The summed E-state index contributed by atoms with van der Waals surface area (Å²) in [5.74, 6) is -2.50. The Labute approximate surface area is 143 Å². The van der Waals surface area contributed by atoms with Gasteiger partial charge in [-0.25, -0.2) is 13.2 Å². The molecule has 1 aromatic rings. The van der Waals surface area contributed by atoms with Gasteiger partial charge in [0.1, 0.15) is 6.04 Å². The van der Waals surface area contributed by atoms with Gasteiger partial charge in [-0.1, -0.05) is 18.2 Å². The van der Waals surface area contributed by atoms with Gasteiger partial charge in [0, 0.05) is 13.5 Å². The number of benzene rings is 1. The molecule has 25 heavy (non-hydrogen) atoms. The number of hydrogen-bond donors (Lipinski definition) is 2. The predicted molar refractivity (Wildman–Crippen MR) is 84.5 cm³/mol. The molecule has 1 aliphatic heterocycles. The molecule has 2 atom stereocenters. The van der Waals surface area contributed by atoms with Gasteiger partial charge in [-0.3, -0.25) is 14.9 Å². The fourth-order valence-corrected chi connectivity index (χ4v) is 3.94. The summed E-state index contributed by atoms with van der Waals surface area (Å²) in [6, 6.07) is 5.67. The minimum atomic E-state index is -4.36. The van der Waals surface area contributed by atoms with E-state index >= 15 is 0 Å². The second-order valence-electron chi connectivity index (χ2n) is 5.74. The number of amides is 1. The number of carbonyl (C=O) groups excluding carboxylic acids is 1. The number of carboxylic acids is 1. The summed E-state index contributed by atoms with van der Waals surface area (Å²) in [7, 11) is -4.36. The van der Waals surface area contributed by atoms with Gasteiger partial charge < -0.3 is 10.0 Å². The molecule has 0 unspecified atom stereocenters. The lowest BCUT2D eigenvalue weighted by Crippen LogP contribution is -2.63. The van der Waals surface area contributed by atoms with Crippen LogP contribution in [-0.2, 0) is 19.6 Å². The standard InChI is InChI=1S/C14H17N3O7S/c1-14(17(21)22,13(20)16-9-5-8-11(16)12(18)19)15-25(23,24)10-6-3-2-4-7-10/h2-4,6-7,11,15H,5,8-9H2,1H3,(H,18,19)/t11-,14+/m0/s1. The molecule has 2 rings (SSSR count). The molecule has 1 aromatic carbocycles. The van der Waals surface area contributed by atoms with Crippen molar-refractivity contribution in [3.8, 4) is 0 Å². The molecule has 10 nitrogen and oxygen atoms in total. The van der Waals surface area contributed by atoms with Crippen molar-refractivity contribution in [2.45, 2.75) is 36.4 Å². The lowest BCUT2D eigenvalue weighted by Gasteiger charge is -2.28. The van der Waals surface area contributed by atoms with E-state index in [1.54, 1.807) is 6.07 Å². The van der Waals surface area contributed by atoms with Gasteiger partial charge in [-0.2, -0.15) is 0 Å². The van der Waals surface area contributed by atoms with Gasteiger partial charge >= 0.3 is 17.5 Å². The highest BCUT2D eigenvalue weighted by Crippen LogP contribution is 2.23. The zero-order chi connectivity index (χ0) is 18.8. The number of likely N-dealkylation sites (tertiary alicyclic amines) is 1. The number of nitrogens with zero attached hydrogens (tertiary/aromatic N) is 2. The van der Waals surface area contributed by atoms with Crippen molar-refractivity contribution in [2.75, 3.05) is 6.54 Å². The van der Waals surface area contributed by atoms with Crippen LogP contribution in [-0.4, -0.2) is 53.5 Å². The summed E-state index contributed by atoms with van der Waals surface area (Å²) >= 11 is 0. The molecule has 0 aromatic heterocycles. The normalized spacial score (nSPS) is 20.0. The van der Waals surface area contributed by atoms with E-state index in [2.05, 4.69) is 0 Å². The van der Waals surface area contributed by atoms with Crippen LogP contribution < -0.4 is 4.72 Å². The Morgan fingerprint density at radius 3 is 2.48 bits per heavy atom. The molecule has 1 fully saturated rings. The molecule has 0 aliphatic carbocycles. The smallest absolute Gasteiger partial charge is 0.362 e. The van der Waals surface area contributed by atoms with Crippen LogP contribution in [0, 0.1) is 10.1 Å². The van der Waals surface area contributed by atoms with Crippen LogP contribution in [0.5, 0.6) is 0 Å². The van der Waals surface area contributed by atoms with E-state index in [4.69, 9.17) is 5.11 Å². The van der Waals surface area contributed by atoms with Gasteiger partial charge in [-0.15, -0.1) is 4.72 Å². The van der Waals surface area contributed by atoms with Crippen molar-refractivity contribution >= 4 is 21.9 Å². The largest absolute Gasteiger partial charge is 0.480 e. The average Bonchev–Trinajstić information content (AvgIpc) is 3.04.